The number of rotatable bonds is 3. The van der Waals surface area contributed by atoms with Crippen LogP contribution in [0.5, 0.6) is 0 Å². The first-order chi connectivity index (χ1) is 7.31. The average molecular weight is 201 g/mol. The molecule has 1 aromatic heterocycles. The molecule has 0 radical (unpaired) electrons. The van der Waals surface area contributed by atoms with Crippen LogP contribution < -0.4 is 5.73 Å². The maximum Gasteiger partial charge on any atom is 0.114 e. The van der Waals surface area contributed by atoms with Gasteiger partial charge in [0, 0.05) is 18.3 Å². The molecule has 3 nitrogen and oxygen atoms in total. The van der Waals surface area contributed by atoms with Gasteiger partial charge in [-0.1, -0.05) is 18.2 Å². The van der Waals surface area contributed by atoms with Gasteiger partial charge in [0.05, 0.1) is 5.69 Å². The zero-order valence-corrected chi connectivity index (χ0v) is 8.85. The number of imidazole rings is 1. The van der Waals surface area contributed by atoms with E-state index in [2.05, 4.69) is 21.7 Å². The van der Waals surface area contributed by atoms with E-state index in [1.165, 1.54) is 0 Å². The zero-order chi connectivity index (χ0) is 10.7. The zero-order valence-electron chi connectivity index (χ0n) is 8.85. The molecule has 0 saturated heterocycles. The molecule has 3 heteroatoms. The van der Waals surface area contributed by atoms with Crippen LogP contribution >= 0.6 is 0 Å². The summed E-state index contributed by atoms with van der Waals surface area (Å²) in [4.78, 5) is 4.46. The highest BCUT2D eigenvalue weighted by molar-refractivity contribution is 5.33. The summed E-state index contributed by atoms with van der Waals surface area (Å²) in [5.74, 6) is 1.03. The monoisotopic (exact) mass is 201 g/mol. The van der Waals surface area contributed by atoms with Crippen LogP contribution in [-0.2, 0) is 6.42 Å². The number of hydrogen-bond acceptors (Lipinski definition) is 2. The summed E-state index contributed by atoms with van der Waals surface area (Å²) in [5.41, 5.74) is 7.73. The van der Waals surface area contributed by atoms with Gasteiger partial charge < -0.3 is 10.3 Å². The predicted octanol–water partition coefficient (Wildman–Crippen LogP) is 1.68. The number of benzene rings is 1. The normalized spacial score (nSPS) is 10.5. The van der Waals surface area contributed by atoms with Crippen molar-refractivity contribution in [3.63, 3.8) is 0 Å². The molecule has 1 heterocycles. The van der Waals surface area contributed by atoms with Crippen LogP contribution in [0, 0.1) is 6.92 Å². The van der Waals surface area contributed by atoms with Crippen molar-refractivity contribution in [1.29, 1.82) is 0 Å². The maximum atomic E-state index is 5.56. The fraction of sp³-hybridized carbons (Fsp3) is 0.250. The summed E-state index contributed by atoms with van der Waals surface area (Å²) < 4.78 is 2.10. The van der Waals surface area contributed by atoms with E-state index >= 15 is 0 Å². The Morgan fingerprint density at radius 3 is 2.67 bits per heavy atom. The molecule has 0 aliphatic rings. The quantitative estimate of drug-likeness (QED) is 0.821. The average Bonchev–Trinajstić information content (AvgIpc) is 2.62. The van der Waals surface area contributed by atoms with Gasteiger partial charge >= 0.3 is 0 Å². The van der Waals surface area contributed by atoms with E-state index in [-0.39, 0.29) is 0 Å². The van der Waals surface area contributed by atoms with E-state index in [0.29, 0.717) is 6.54 Å². The van der Waals surface area contributed by atoms with E-state index in [0.717, 1.165) is 23.6 Å². The van der Waals surface area contributed by atoms with Crippen molar-refractivity contribution < 1.29 is 0 Å². The fourth-order valence-corrected chi connectivity index (χ4v) is 1.67. The third-order valence-corrected chi connectivity index (χ3v) is 2.30. The summed E-state index contributed by atoms with van der Waals surface area (Å²) >= 11 is 0. The molecule has 78 valence electrons. The van der Waals surface area contributed by atoms with Gasteiger partial charge in [-0.3, -0.25) is 0 Å². The highest BCUT2D eigenvalue weighted by Crippen LogP contribution is 2.12. The minimum Gasteiger partial charge on any atom is -0.330 e. The van der Waals surface area contributed by atoms with E-state index in [4.69, 9.17) is 5.73 Å². The molecule has 0 fully saturated rings. The van der Waals surface area contributed by atoms with Crippen molar-refractivity contribution in [3.05, 3.63) is 48.0 Å². The number of nitrogens with two attached hydrogens (primary N) is 1. The highest BCUT2D eigenvalue weighted by Gasteiger charge is 2.05. The van der Waals surface area contributed by atoms with Crippen LogP contribution in [0.15, 0.2) is 36.5 Å². The third kappa shape index (κ3) is 2.07. The molecular formula is C12H15N3. The van der Waals surface area contributed by atoms with Crippen molar-refractivity contribution in [2.24, 2.45) is 5.73 Å². The van der Waals surface area contributed by atoms with Crippen LogP contribution in [0.3, 0.4) is 0 Å². The van der Waals surface area contributed by atoms with Crippen molar-refractivity contribution >= 4 is 0 Å². The summed E-state index contributed by atoms with van der Waals surface area (Å²) in [5, 5.41) is 0. The van der Waals surface area contributed by atoms with Crippen LogP contribution in [0.2, 0.25) is 0 Å². The second-order valence-corrected chi connectivity index (χ2v) is 3.54. The minimum atomic E-state index is 0.628. The molecule has 2 N–H and O–H groups in total. The summed E-state index contributed by atoms with van der Waals surface area (Å²) in [6.45, 7) is 2.63. The molecule has 2 aromatic rings. The number of aromatic nitrogens is 2. The molecule has 0 amide bonds. The lowest BCUT2D eigenvalue weighted by molar-refractivity contribution is 0.836. The Labute approximate surface area is 89.6 Å². The van der Waals surface area contributed by atoms with Gasteiger partial charge in [0.25, 0.3) is 0 Å². The second kappa shape index (κ2) is 4.28. The van der Waals surface area contributed by atoms with Gasteiger partial charge in [0.2, 0.25) is 0 Å². The van der Waals surface area contributed by atoms with Crippen LogP contribution in [0.25, 0.3) is 5.69 Å². The molecule has 0 atom stereocenters. The molecule has 2 rings (SSSR count). The Morgan fingerprint density at radius 1 is 1.27 bits per heavy atom. The topological polar surface area (TPSA) is 43.8 Å². The summed E-state index contributed by atoms with van der Waals surface area (Å²) in [6.07, 6.45) is 2.85. The van der Waals surface area contributed by atoms with Gasteiger partial charge in [-0.2, -0.15) is 0 Å². The molecule has 0 aliphatic carbocycles. The first-order valence-electron chi connectivity index (χ1n) is 5.11. The minimum absolute atomic E-state index is 0.628. The second-order valence-electron chi connectivity index (χ2n) is 3.54. The number of para-hydroxylation sites is 1. The smallest absolute Gasteiger partial charge is 0.114 e. The number of nitrogens with zero attached hydrogens (tertiary/aromatic N) is 2. The SMILES string of the molecule is Cc1cn(-c2ccccc2)c(CCN)n1. The molecular weight excluding hydrogens is 186 g/mol. The summed E-state index contributed by atoms with van der Waals surface area (Å²) in [7, 11) is 0. The van der Waals surface area contributed by atoms with Crippen molar-refractivity contribution in [2.75, 3.05) is 6.54 Å². The third-order valence-electron chi connectivity index (χ3n) is 2.30. The Hall–Kier alpha value is -1.61. The van der Waals surface area contributed by atoms with Crippen LogP contribution in [0.1, 0.15) is 11.5 Å². The van der Waals surface area contributed by atoms with Gasteiger partial charge in [0.15, 0.2) is 0 Å². The fourth-order valence-electron chi connectivity index (χ4n) is 1.67. The van der Waals surface area contributed by atoms with E-state index < -0.39 is 0 Å². The largest absolute Gasteiger partial charge is 0.330 e. The molecule has 0 unspecified atom stereocenters. The lowest BCUT2D eigenvalue weighted by Crippen LogP contribution is -2.08. The first-order valence-corrected chi connectivity index (χ1v) is 5.11. The van der Waals surface area contributed by atoms with Crippen molar-refractivity contribution in [1.82, 2.24) is 9.55 Å². The van der Waals surface area contributed by atoms with E-state index in [1.807, 2.05) is 31.3 Å². The first kappa shape index (κ1) is 9.93. The molecule has 1 aromatic carbocycles. The van der Waals surface area contributed by atoms with Gasteiger partial charge in [-0.05, 0) is 25.6 Å². The standard InChI is InChI=1S/C12H15N3/c1-10-9-15(12(14-10)7-8-13)11-5-3-2-4-6-11/h2-6,9H,7-8,13H2,1H3. The Bertz CT molecular complexity index is 431. The Morgan fingerprint density at radius 2 is 2.00 bits per heavy atom. The van der Waals surface area contributed by atoms with E-state index in [9.17, 15) is 0 Å². The van der Waals surface area contributed by atoms with Gasteiger partial charge in [-0.15, -0.1) is 0 Å². The molecule has 0 saturated carbocycles. The predicted molar refractivity (Wildman–Crippen MR) is 61.1 cm³/mol. The van der Waals surface area contributed by atoms with Crippen molar-refractivity contribution in [3.8, 4) is 5.69 Å². The van der Waals surface area contributed by atoms with Crippen LogP contribution in [-0.4, -0.2) is 16.1 Å². The molecule has 0 spiro atoms. The lowest BCUT2D eigenvalue weighted by Gasteiger charge is -2.05. The maximum absolute atomic E-state index is 5.56. The van der Waals surface area contributed by atoms with E-state index in [1.54, 1.807) is 0 Å². The van der Waals surface area contributed by atoms with Gasteiger partial charge in [-0.25, -0.2) is 4.98 Å². The Balaban J connectivity index is 2.43. The highest BCUT2D eigenvalue weighted by atomic mass is 15.1. The van der Waals surface area contributed by atoms with Gasteiger partial charge in [0.1, 0.15) is 5.82 Å². The Kier molecular flexibility index (Phi) is 2.83. The molecule has 0 aliphatic heterocycles. The van der Waals surface area contributed by atoms with Crippen LogP contribution in [0.4, 0.5) is 0 Å². The molecule has 0 bridgehead atoms. The summed E-state index contributed by atoms with van der Waals surface area (Å²) in [6, 6.07) is 10.2. The van der Waals surface area contributed by atoms with Crippen molar-refractivity contribution in [2.45, 2.75) is 13.3 Å². The number of aryl methyl sites for hydroxylation is 1. The molecule has 15 heavy (non-hydrogen) atoms. The number of hydrogen-bond donors (Lipinski definition) is 1. The lowest BCUT2D eigenvalue weighted by atomic mass is 10.3.